The second-order valence-electron chi connectivity index (χ2n) is 11.3. The normalized spacial score (nSPS) is 25.8. The van der Waals surface area contributed by atoms with Crippen molar-refractivity contribution in [3.63, 3.8) is 0 Å². The van der Waals surface area contributed by atoms with Crippen LogP contribution in [0.15, 0.2) is 29.3 Å². The molecule has 0 atom stereocenters. The lowest BCUT2D eigenvalue weighted by Crippen LogP contribution is -2.51. The number of benzene rings is 1. The van der Waals surface area contributed by atoms with Crippen LogP contribution >= 0.6 is 0 Å². The van der Waals surface area contributed by atoms with Gasteiger partial charge in [0.05, 0.1) is 10.3 Å². The van der Waals surface area contributed by atoms with Crippen LogP contribution in [0, 0.1) is 11.3 Å². The summed E-state index contributed by atoms with van der Waals surface area (Å²) < 4.78 is 29.5. The van der Waals surface area contributed by atoms with Gasteiger partial charge in [0.1, 0.15) is 5.82 Å². The summed E-state index contributed by atoms with van der Waals surface area (Å²) in [7, 11) is -0.273. The number of urea groups is 1. The molecule has 0 radical (unpaired) electrons. The molecule has 1 aromatic carbocycles. The van der Waals surface area contributed by atoms with E-state index in [2.05, 4.69) is 19.9 Å². The van der Waals surface area contributed by atoms with Gasteiger partial charge in [-0.3, -0.25) is 4.79 Å². The fourth-order valence-corrected chi connectivity index (χ4v) is 6.62. The summed E-state index contributed by atoms with van der Waals surface area (Å²) in [6, 6.07) is 5.09. The van der Waals surface area contributed by atoms with E-state index < -0.39 is 15.6 Å². The van der Waals surface area contributed by atoms with Gasteiger partial charge in [-0.15, -0.1) is 0 Å². The third-order valence-corrected chi connectivity index (χ3v) is 9.75. The SMILES string of the molecule is CN(C)C(=O)N1CCN(c2cc(S(=O)(=O)NC3(C)CC3)cc3cc(NC(=O)C45CC4C5)ncc23)CC1. The van der Waals surface area contributed by atoms with Crippen LogP contribution in [-0.4, -0.2) is 81.0 Å². The predicted octanol–water partition coefficient (Wildman–Crippen LogP) is 2.22. The average molecular weight is 513 g/mol. The van der Waals surface area contributed by atoms with E-state index in [0.29, 0.717) is 43.3 Å². The largest absolute Gasteiger partial charge is 0.367 e. The maximum atomic E-state index is 13.3. The molecule has 3 saturated carbocycles. The summed E-state index contributed by atoms with van der Waals surface area (Å²) in [6.45, 7) is 4.14. The lowest BCUT2D eigenvalue weighted by atomic mass is 10.1. The van der Waals surface area contributed by atoms with E-state index >= 15 is 0 Å². The zero-order valence-corrected chi connectivity index (χ0v) is 21.7. The van der Waals surface area contributed by atoms with Gasteiger partial charge in [-0.1, -0.05) is 0 Å². The minimum atomic E-state index is -3.74. The number of amides is 3. The molecule has 3 aliphatic carbocycles. The standard InChI is InChI=1S/C25H32N6O4S/c1-24(4-5-24)28-36(34,35)18-10-16-11-21(27-22(32)25-13-17(25)14-25)26-15-19(16)20(12-18)30-6-8-31(9-7-30)23(33)29(2)3/h10-12,15,17,28H,4-9,13-14H2,1-3H3,(H,26,27,32). The first-order valence-corrected chi connectivity index (χ1v) is 14.0. The lowest BCUT2D eigenvalue weighted by molar-refractivity contribution is -0.119. The van der Waals surface area contributed by atoms with Crippen molar-refractivity contribution in [2.75, 3.05) is 50.5 Å². The first-order chi connectivity index (χ1) is 17.0. The molecule has 0 unspecified atom stereocenters. The Labute approximate surface area is 211 Å². The van der Waals surface area contributed by atoms with E-state index in [1.54, 1.807) is 48.3 Å². The van der Waals surface area contributed by atoms with Crippen molar-refractivity contribution in [3.05, 3.63) is 24.4 Å². The highest BCUT2D eigenvalue weighted by Crippen LogP contribution is 2.75. The second-order valence-corrected chi connectivity index (χ2v) is 12.9. The summed E-state index contributed by atoms with van der Waals surface area (Å²) >= 11 is 0. The maximum absolute atomic E-state index is 13.3. The van der Waals surface area contributed by atoms with Crippen LogP contribution in [0.3, 0.4) is 0 Å². The molecule has 0 spiro atoms. The maximum Gasteiger partial charge on any atom is 0.319 e. The van der Waals surface area contributed by atoms with Gasteiger partial charge in [-0.05, 0) is 62.1 Å². The van der Waals surface area contributed by atoms with Crippen LogP contribution in [0.1, 0.15) is 32.6 Å². The van der Waals surface area contributed by atoms with Crippen LogP contribution in [0.4, 0.5) is 16.3 Å². The molecule has 11 heteroatoms. The summed E-state index contributed by atoms with van der Waals surface area (Å²) in [5.74, 6) is 0.964. The van der Waals surface area contributed by atoms with Crippen LogP contribution in [-0.2, 0) is 14.8 Å². The number of piperazine rings is 1. The summed E-state index contributed by atoms with van der Waals surface area (Å²) in [6.07, 6.45) is 5.24. The van der Waals surface area contributed by atoms with Crippen LogP contribution in [0.25, 0.3) is 10.8 Å². The van der Waals surface area contributed by atoms with E-state index in [1.807, 2.05) is 6.92 Å². The quantitative estimate of drug-likeness (QED) is 0.613. The molecule has 3 amide bonds. The Hall–Kier alpha value is -2.92. The topological polar surface area (TPSA) is 115 Å². The van der Waals surface area contributed by atoms with E-state index in [1.165, 1.54) is 0 Å². The fraction of sp³-hybridized carbons (Fsp3) is 0.560. The Morgan fingerprint density at radius 2 is 1.75 bits per heavy atom. The number of sulfonamides is 1. The number of nitrogens with zero attached hydrogens (tertiary/aromatic N) is 4. The number of carbonyl (C=O) groups is 2. The number of anilines is 2. The van der Waals surface area contributed by atoms with E-state index in [0.717, 1.165) is 36.8 Å². The van der Waals surface area contributed by atoms with Gasteiger partial charge >= 0.3 is 6.03 Å². The molecule has 192 valence electrons. The van der Waals surface area contributed by atoms with Gasteiger partial charge in [0.15, 0.2) is 0 Å². The van der Waals surface area contributed by atoms with Gasteiger partial charge in [0.2, 0.25) is 15.9 Å². The molecule has 10 nitrogen and oxygen atoms in total. The Balaban J connectivity index is 1.34. The predicted molar refractivity (Wildman–Crippen MR) is 136 cm³/mol. The summed E-state index contributed by atoms with van der Waals surface area (Å²) in [5.41, 5.74) is 0.188. The Morgan fingerprint density at radius 1 is 1.08 bits per heavy atom. The van der Waals surface area contributed by atoms with Gasteiger partial charge < -0.3 is 20.0 Å². The molecule has 6 rings (SSSR count). The van der Waals surface area contributed by atoms with E-state index in [9.17, 15) is 18.0 Å². The molecule has 1 aromatic heterocycles. The number of carbonyl (C=O) groups excluding carboxylic acids is 2. The number of aromatic nitrogens is 1. The number of pyridine rings is 1. The zero-order valence-electron chi connectivity index (χ0n) is 20.9. The Kier molecular flexibility index (Phi) is 5.08. The molecule has 2 N–H and O–H groups in total. The van der Waals surface area contributed by atoms with Gasteiger partial charge in [0, 0.05) is 63.1 Å². The van der Waals surface area contributed by atoms with Crippen molar-refractivity contribution in [1.29, 1.82) is 0 Å². The first-order valence-electron chi connectivity index (χ1n) is 12.5. The van der Waals surface area contributed by atoms with Crippen molar-refractivity contribution in [2.24, 2.45) is 11.3 Å². The summed E-state index contributed by atoms with van der Waals surface area (Å²) in [4.78, 5) is 35.1. The number of rotatable bonds is 6. The zero-order chi connectivity index (χ0) is 25.5. The number of fused-ring (bicyclic) bond motifs is 2. The van der Waals surface area contributed by atoms with Crippen LogP contribution < -0.4 is 14.9 Å². The molecular formula is C25H32N6O4S. The molecule has 4 aliphatic rings. The number of hydrogen-bond donors (Lipinski definition) is 2. The van der Waals surface area contributed by atoms with Gasteiger partial charge in [0.25, 0.3) is 0 Å². The van der Waals surface area contributed by atoms with Gasteiger partial charge in [-0.2, -0.15) is 0 Å². The number of nitrogens with one attached hydrogen (secondary N) is 2. The monoisotopic (exact) mass is 512 g/mol. The Morgan fingerprint density at radius 3 is 2.33 bits per heavy atom. The summed E-state index contributed by atoms with van der Waals surface area (Å²) in [5, 5.41) is 4.45. The second kappa shape index (κ2) is 7.79. The molecule has 1 saturated heterocycles. The Bertz CT molecular complexity index is 1370. The van der Waals surface area contributed by atoms with Crippen molar-refractivity contribution in [2.45, 2.75) is 43.0 Å². The minimum Gasteiger partial charge on any atom is -0.367 e. The molecule has 2 heterocycles. The smallest absolute Gasteiger partial charge is 0.319 e. The number of hydrogen-bond acceptors (Lipinski definition) is 6. The van der Waals surface area contributed by atoms with Crippen molar-refractivity contribution in [1.82, 2.24) is 19.5 Å². The molecule has 0 bridgehead atoms. The average Bonchev–Trinajstić information content (AvgIpc) is 3.75. The lowest BCUT2D eigenvalue weighted by Gasteiger charge is -2.37. The highest BCUT2D eigenvalue weighted by Gasteiger charge is 2.74. The molecule has 36 heavy (non-hydrogen) atoms. The van der Waals surface area contributed by atoms with Crippen LogP contribution in [0.5, 0.6) is 0 Å². The highest BCUT2D eigenvalue weighted by molar-refractivity contribution is 7.89. The molecule has 4 fully saturated rings. The molecule has 2 aromatic rings. The fourth-order valence-electron chi connectivity index (χ4n) is 5.10. The van der Waals surface area contributed by atoms with E-state index in [4.69, 9.17) is 0 Å². The van der Waals surface area contributed by atoms with Crippen LogP contribution in [0.2, 0.25) is 0 Å². The third-order valence-electron chi connectivity index (χ3n) is 8.13. The minimum absolute atomic E-state index is 0.00774. The highest BCUT2D eigenvalue weighted by atomic mass is 32.2. The van der Waals surface area contributed by atoms with Crippen molar-refractivity contribution < 1.29 is 18.0 Å². The third kappa shape index (κ3) is 4.07. The van der Waals surface area contributed by atoms with E-state index in [-0.39, 0.29) is 22.2 Å². The van der Waals surface area contributed by atoms with Gasteiger partial charge in [-0.25, -0.2) is 22.9 Å². The van der Waals surface area contributed by atoms with Crippen molar-refractivity contribution in [3.8, 4) is 0 Å². The first kappa shape index (κ1) is 23.5. The van der Waals surface area contributed by atoms with Crippen molar-refractivity contribution >= 4 is 44.2 Å². The molecule has 1 aliphatic heterocycles. The molecular weight excluding hydrogens is 480 g/mol.